The summed E-state index contributed by atoms with van der Waals surface area (Å²) in [4.78, 5) is 15.2. The zero-order valence-electron chi connectivity index (χ0n) is 19.5. The molecule has 1 saturated heterocycles. The van der Waals surface area contributed by atoms with Crippen LogP contribution in [-0.4, -0.2) is 46.8 Å². The second kappa shape index (κ2) is 10.2. The summed E-state index contributed by atoms with van der Waals surface area (Å²) in [6.07, 6.45) is 2.16. The molecule has 0 spiro atoms. The fourth-order valence-corrected chi connectivity index (χ4v) is 4.47. The number of hydrogen-bond acceptors (Lipinski definition) is 4. The molecule has 4 rings (SSSR count). The van der Waals surface area contributed by atoms with E-state index in [9.17, 15) is 9.18 Å². The topological polar surface area (TPSA) is 59.4 Å². The number of ether oxygens (including phenoxy) is 1. The summed E-state index contributed by atoms with van der Waals surface area (Å²) in [7, 11) is 1.68. The largest absolute Gasteiger partial charge is 0.497 e. The molecule has 174 valence electrons. The third-order valence-electron chi connectivity index (χ3n) is 6.34. The van der Waals surface area contributed by atoms with Crippen molar-refractivity contribution in [3.63, 3.8) is 0 Å². The van der Waals surface area contributed by atoms with E-state index in [1.54, 1.807) is 23.9 Å². The third kappa shape index (κ3) is 5.60. The number of halogens is 1. The van der Waals surface area contributed by atoms with Gasteiger partial charge in [0.2, 0.25) is 5.91 Å². The van der Waals surface area contributed by atoms with Crippen molar-refractivity contribution < 1.29 is 13.9 Å². The van der Waals surface area contributed by atoms with Gasteiger partial charge in [-0.3, -0.25) is 9.69 Å². The molecule has 1 aliphatic heterocycles. The van der Waals surface area contributed by atoms with Gasteiger partial charge in [0.25, 0.3) is 0 Å². The first-order chi connectivity index (χ1) is 15.9. The number of aromatic nitrogens is 2. The Balaban J connectivity index is 1.30. The minimum absolute atomic E-state index is 0.0195. The quantitative estimate of drug-likeness (QED) is 0.592. The minimum Gasteiger partial charge on any atom is -0.497 e. The second-order valence-corrected chi connectivity index (χ2v) is 8.68. The maximum Gasteiger partial charge on any atom is 0.224 e. The summed E-state index contributed by atoms with van der Waals surface area (Å²) in [5.41, 5.74) is 4.67. The summed E-state index contributed by atoms with van der Waals surface area (Å²) < 4.78 is 20.3. The van der Waals surface area contributed by atoms with Gasteiger partial charge in [0, 0.05) is 36.9 Å². The van der Waals surface area contributed by atoms with E-state index >= 15 is 0 Å². The predicted octanol–water partition coefficient (Wildman–Crippen LogP) is 3.96. The Morgan fingerprint density at radius 3 is 2.58 bits per heavy atom. The van der Waals surface area contributed by atoms with Gasteiger partial charge in [-0.25, -0.2) is 9.07 Å². The van der Waals surface area contributed by atoms with Crippen molar-refractivity contribution >= 4 is 5.91 Å². The number of nitrogens with one attached hydrogen (secondary N) is 1. The van der Waals surface area contributed by atoms with Crippen molar-refractivity contribution in [3.05, 3.63) is 76.9 Å². The average Bonchev–Trinajstić information content (AvgIpc) is 3.09. The summed E-state index contributed by atoms with van der Waals surface area (Å²) in [5.74, 6) is 0.614. The fourth-order valence-electron chi connectivity index (χ4n) is 4.47. The van der Waals surface area contributed by atoms with Crippen molar-refractivity contribution in [2.45, 2.75) is 45.7 Å². The van der Waals surface area contributed by atoms with Gasteiger partial charge >= 0.3 is 0 Å². The molecule has 0 unspecified atom stereocenters. The number of benzene rings is 2. The van der Waals surface area contributed by atoms with Crippen molar-refractivity contribution in [3.8, 4) is 11.4 Å². The maximum absolute atomic E-state index is 13.3. The monoisotopic (exact) mass is 450 g/mol. The van der Waals surface area contributed by atoms with Crippen LogP contribution >= 0.6 is 0 Å². The van der Waals surface area contributed by atoms with Crippen molar-refractivity contribution in [2.75, 3.05) is 20.2 Å². The molecule has 0 saturated carbocycles. The van der Waals surface area contributed by atoms with Gasteiger partial charge in [-0.1, -0.05) is 12.1 Å². The highest BCUT2D eigenvalue weighted by molar-refractivity contribution is 5.79. The number of likely N-dealkylation sites (tertiary alicyclic amines) is 1. The number of carbonyl (C=O) groups is 1. The van der Waals surface area contributed by atoms with Crippen LogP contribution in [0.2, 0.25) is 0 Å². The van der Waals surface area contributed by atoms with Crippen LogP contribution < -0.4 is 10.1 Å². The first kappa shape index (κ1) is 23.0. The Labute approximate surface area is 194 Å². The van der Waals surface area contributed by atoms with Crippen LogP contribution in [0.5, 0.6) is 5.75 Å². The Morgan fingerprint density at radius 2 is 1.88 bits per heavy atom. The number of rotatable bonds is 7. The Bertz CT molecular complexity index is 1100. The number of aryl methyl sites for hydroxylation is 1. The van der Waals surface area contributed by atoms with Crippen LogP contribution in [0.4, 0.5) is 4.39 Å². The summed E-state index contributed by atoms with van der Waals surface area (Å²) in [5, 5.41) is 7.78. The van der Waals surface area contributed by atoms with Gasteiger partial charge in [-0.2, -0.15) is 5.10 Å². The lowest BCUT2D eigenvalue weighted by atomic mass is 10.0. The third-order valence-corrected chi connectivity index (χ3v) is 6.34. The Hall–Kier alpha value is -3.19. The SMILES string of the molecule is COc1cccc(CN2CCC(NC(=O)Cc3c(C)nn(-c4ccc(F)cc4)c3C)CC2)c1. The smallest absolute Gasteiger partial charge is 0.224 e. The second-order valence-electron chi connectivity index (χ2n) is 8.68. The molecule has 0 atom stereocenters. The maximum atomic E-state index is 13.3. The summed E-state index contributed by atoms with van der Waals surface area (Å²) in [6.45, 7) is 6.64. The molecule has 1 N–H and O–H groups in total. The predicted molar refractivity (Wildman–Crippen MR) is 126 cm³/mol. The lowest BCUT2D eigenvalue weighted by Crippen LogP contribution is -2.44. The Kier molecular flexibility index (Phi) is 7.08. The molecule has 33 heavy (non-hydrogen) atoms. The molecule has 2 aromatic carbocycles. The van der Waals surface area contributed by atoms with Gasteiger partial charge in [-0.05, 0) is 68.7 Å². The molecule has 0 bridgehead atoms. The highest BCUT2D eigenvalue weighted by atomic mass is 19.1. The van der Waals surface area contributed by atoms with Crippen LogP contribution in [0.1, 0.15) is 35.4 Å². The molecule has 7 heteroatoms. The summed E-state index contributed by atoms with van der Waals surface area (Å²) >= 11 is 0. The number of carbonyl (C=O) groups excluding carboxylic acids is 1. The molecule has 6 nitrogen and oxygen atoms in total. The first-order valence-electron chi connectivity index (χ1n) is 11.4. The van der Waals surface area contributed by atoms with E-state index in [0.717, 1.165) is 60.9 Å². The lowest BCUT2D eigenvalue weighted by molar-refractivity contribution is -0.121. The lowest BCUT2D eigenvalue weighted by Gasteiger charge is -2.32. The number of nitrogens with zero attached hydrogens (tertiary/aromatic N) is 3. The van der Waals surface area contributed by atoms with E-state index in [4.69, 9.17) is 4.74 Å². The van der Waals surface area contributed by atoms with Crippen LogP contribution in [-0.2, 0) is 17.8 Å². The minimum atomic E-state index is -0.283. The highest BCUT2D eigenvalue weighted by Crippen LogP contribution is 2.20. The van der Waals surface area contributed by atoms with Gasteiger partial charge in [-0.15, -0.1) is 0 Å². The van der Waals surface area contributed by atoms with E-state index in [-0.39, 0.29) is 17.8 Å². The van der Waals surface area contributed by atoms with E-state index in [0.29, 0.717) is 6.42 Å². The van der Waals surface area contributed by atoms with Crippen LogP contribution in [0, 0.1) is 19.7 Å². The summed E-state index contributed by atoms with van der Waals surface area (Å²) in [6, 6.07) is 14.6. The fraction of sp³-hybridized carbons (Fsp3) is 0.385. The molecule has 0 radical (unpaired) electrons. The normalized spacial score (nSPS) is 14.9. The van der Waals surface area contributed by atoms with Crippen LogP contribution in [0.15, 0.2) is 48.5 Å². The number of amides is 1. The molecule has 3 aromatic rings. The van der Waals surface area contributed by atoms with Crippen LogP contribution in [0.25, 0.3) is 5.69 Å². The number of methoxy groups -OCH3 is 1. The number of hydrogen-bond donors (Lipinski definition) is 1. The van der Waals surface area contributed by atoms with Gasteiger partial charge in [0.05, 0.1) is 24.9 Å². The van der Waals surface area contributed by atoms with E-state index < -0.39 is 0 Å². The standard InChI is InChI=1S/C26H31FN4O2/c1-18-25(19(2)31(29-18)23-9-7-21(27)8-10-23)16-26(32)28-22-11-13-30(14-12-22)17-20-5-4-6-24(15-20)33-3/h4-10,15,22H,11-14,16-17H2,1-3H3,(H,28,32). The molecule has 2 heterocycles. The zero-order chi connectivity index (χ0) is 23.4. The van der Waals surface area contributed by atoms with Gasteiger partial charge < -0.3 is 10.1 Å². The van der Waals surface area contributed by atoms with E-state index in [1.807, 2.05) is 26.0 Å². The molecule has 1 amide bonds. The molecule has 0 aliphatic carbocycles. The first-order valence-corrected chi connectivity index (χ1v) is 11.4. The van der Waals surface area contributed by atoms with Gasteiger partial charge in [0.1, 0.15) is 11.6 Å². The van der Waals surface area contributed by atoms with Crippen molar-refractivity contribution in [1.29, 1.82) is 0 Å². The van der Waals surface area contributed by atoms with Crippen molar-refractivity contribution in [2.24, 2.45) is 0 Å². The Morgan fingerprint density at radius 1 is 1.15 bits per heavy atom. The zero-order valence-corrected chi connectivity index (χ0v) is 19.5. The molecule has 1 aliphatic rings. The van der Waals surface area contributed by atoms with Crippen molar-refractivity contribution in [1.82, 2.24) is 20.0 Å². The molecular weight excluding hydrogens is 419 g/mol. The van der Waals surface area contributed by atoms with Gasteiger partial charge in [0.15, 0.2) is 0 Å². The highest BCUT2D eigenvalue weighted by Gasteiger charge is 2.22. The molecule has 1 fully saturated rings. The van der Waals surface area contributed by atoms with E-state index in [2.05, 4.69) is 27.4 Å². The molecular formula is C26H31FN4O2. The number of piperidine rings is 1. The van der Waals surface area contributed by atoms with E-state index in [1.165, 1.54) is 17.7 Å². The average molecular weight is 451 g/mol. The van der Waals surface area contributed by atoms with Crippen LogP contribution in [0.3, 0.4) is 0 Å². The molecule has 1 aromatic heterocycles.